The molecule has 0 saturated carbocycles. The van der Waals surface area contributed by atoms with Crippen LogP contribution in [0, 0.1) is 6.92 Å². The molecule has 1 atom stereocenters. The Morgan fingerprint density at radius 2 is 1.86 bits per heavy atom. The van der Waals surface area contributed by atoms with Gasteiger partial charge in [0.1, 0.15) is 0 Å². The summed E-state index contributed by atoms with van der Waals surface area (Å²) in [4.78, 5) is 14.8. The van der Waals surface area contributed by atoms with Gasteiger partial charge in [0.25, 0.3) is 0 Å². The molecule has 1 fully saturated rings. The average Bonchev–Trinajstić information content (AvgIpc) is 2.73. The Labute approximate surface area is 168 Å². The van der Waals surface area contributed by atoms with Gasteiger partial charge in [0, 0.05) is 26.1 Å². The maximum absolute atomic E-state index is 12.4. The van der Waals surface area contributed by atoms with E-state index in [2.05, 4.69) is 65.7 Å². The summed E-state index contributed by atoms with van der Waals surface area (Å²) >= 11 is 0. The Balaban J connectivity index is 1.47. The molecule has 0 aromatic heterocycles. The average molecular weight is 381 g/mol. The van der Waals surface area contributed by atoms with Crippen LogP contribution < -0.4 is 5.32 Å². The minimum atomic E-state index is 0.152. The number of hydrogen-bond donors (Lipinski definition) is 1. The van der Waals surface area contributed by atoms with Crippen LogP contribution in [-0.4, -0.2) is 43.7 Å². The SMILES string of the molecule is Cc1cccc(C(CNC(=O)CCCCc2ccccc2)N2CCOCC2)c1. The lowest BCUT2D eigenvalue weighted by Gasteiger charge is -2.35. The summed E-state index contributed by atoms with van der Waals surface area (Å²) in [6, 6.07) is 19.3. The molecule has 1 saturated heterocycles. The smallest absolute Gasteiger partial charge is 0.220 e. The normalized spacial score (nSPS) is 15.9. The lowest BCUT2D eigenvalue weighted by molar-refractivity contribution is -0.121. The lowest BCUT2D eigenvalue weighted by atomic mass is 10.0. The third-order valence-electron chi connectivity index (χ3n) is 5.37. The number of benzene rings is 2. The molecule has 0 radical (unpaired) electrons. The van der Waals surface area contributed by atoms with Gasteiger partial charge in [-0.2, -0.15) is 0 Å². The topological polar surface area (TPSA) is 41.6 Å². The maximum atomic E-state index is 12.4. The molecule has 0 bridgehead atoms. The van der Waals surface area contributed by atoms with Crippen molar-refractivity contribution < 1.29 is 9.53 Å². The highest BCUT2D eigenvalue weighted by Gasteiger charge is 2.23. The van der Waals surface area contributed by atoms with E-state index in [4.69, 9.17) is 4.74 Å². The summed E-state index contributed by atoms with van der Waals surface area (Å²) in [5.74, 6) is 0.152. The summed E-state index contributed by atoms with van der Waals surface area (Å²) in [5, 5.41) is 3.18. The van der Waals surface area contributed by atoms with Gasteiger partial charge in [-0.25, -0.2) is 0 Å². The molecule has 1 aliphatic rings. The molecule has 2 aromatic carbocycles. The lowest BCUT2D eigenvalue weighted by Crippen LogP contribution is -2.43. The number of carbonyl (C=O) groups is 1. The largest absolute Gasteiger partial charge is 0.379 e. The highest BCUT2D eigenvalue weighted by molar-refractivity contribution is 5.75. The molecular weight excluding hydrogens is 348 g/mol. The van der Waals surface area contributed by atoms with Crippen molar-refractivity contribution in [3.8, 4) is 0 Å². The van der Waals surface area contributed by atoms with Gasteiger partial charge in [-0.05, 0) is 37.3 Å². The van der Waals surface area contributed by atoms with Crippen molar-refractivity contribution in [2.75, 3.05) is 32.8 Å². The molecule has 28 heavy (non-hydrogen) atoms. The Morgan fingerprint density at radius 1 is 1.07 bits per heavy atom. The fraction of sp³-hybridized carbons (Fsp3) is 0.458. The molecule has 4 heteroatoms. The van der Waals surface area contributed by atoms with Crippen molar-refractivity contribution in [1.29, 1.82) is 0 Å². The first kappa shape index (κ1) is 20.6. The number of hydrogen-bond acceptors (Lipinski definition) is 3. The van der Waals surface area contributed by atoms with Crippen LogP contribution in [0.4, 0.5) is 0 Å². The molecule has 1 heterocycles. The van der Waals surface area contributed by atoms with Crippen LogP contribution in [0.2, 0.25) is 0 Å². The molecule has 0 spiro atoms. The monoisotopic (exact) mass is 380 g/mol. The van der Waals surface area contributed by atoms with Crippen LogP contribution in [0.25, 0.3) is 0 Å². The number of amides is 1. The zero-order valence-corrected chi connectivity index (χ0v) is 16.9. The zero-order valence-electron chi connectivity index (χ0n) is 16.9. The van der Waals surface area contributed by atoms with Gasteiger partial charge in [-0.15, -0.1) is 0 Å². The number of aryl methyl sites for hydroxylation is 2. The number of rotatable bonds is 9. The quantitative estimate of drug-likeness (QED) is 0.671. The number of carbonyl (C=O) groups excluding carboxylic acids is 1. The number of nitrogens with one attached hydrogen (secondary N) is 1. The van der Waals surface area contributed by atoms with Crippen molar-refractivity contribution in [3.05, 3.63) is 71.3 Å². The van der Waals surface area contributed by atoms with E-state index < -0.39 is 0 Å². The first-order chi connectivity index (χ1) is 13.7. The molecular formula is C24H32N2O2. The van der Waals surface area contributed by atoms with E-state index in [1.165, 1.54) is 16.7 Å². The molecule has 1 N–H and O–H groups in total. The van der Waals surface area contributed by atoms with Gasteiger partial charge >= 0.3 is 0 Å². The molecule has 1 aliphatic heterocycles. The summed E-state index contributed by atoms with van der Waals surface area (Å²) in [6.45, 7) is 6.11. The van der Waals surface area contributed by atoms with Crippen molar-refractivity contribution in [3.63, 3.8) is 0 Å². The Morgan fingerprint density at radius 3 is 2.61 bits per heavy atom. The Hall–Kier alpha value is -2.17. The molecule has 1 amide bonds. The molecule has 4 nitrogen and oxygen atoms in total. The van der Waals surface area contributed by atoms with Crippen molar-refractivity contribution in [2.24, 2.45) is 0 Å². The summed E-state index contributed by atoms with van der Waals surface area (Å²) in [5.41, 5.74) is 3.86. The summed E-state index contributed by atoms with van der Waals surface area (Å²) in [6.07, 6.45) is 3.60. The van der Waals surface area contributed by atoms with Crippen molar-refractivity contribution >= 4 is 5.91 Å². The first-order valence-electron chi connectivity index (χ1n) is 10.4. The molecule has 3 rings (SSSR count). The zero-order chi connectivity index (χ0) is 19.6. The third kappa shape index (κ3) is 6.47. The second-order valence-electron chi connectivity index (χ2n) is 7.58. The third-order valence-corrected chi connectivity index (χ3v) is 5.37. The minimum Gasteiger partial charge on any atom is -0.379 e. The number of morpholine rings is 1. The van der Waals surface area contributed by atoms with Gasteiger partial charge in [0.05, 0.1) is 19.3 Å². The van der Waals surface area contributed by atoms with Gasteiger partial charge < -0.3 is 10.1 Å². The number of nitrogens with zero attached hydrogens (tertiary/aromatic N) is 1. The molecule has 1 unspecified atom stereocenters. The molecule has 150 valence electrons. The van der Waals surface area contributed by atoms with Crippen LogP contribution >= 0.6 is 0 Å². The van der Waals surface area contributed by atoms with E-state index in [0.29, 0.717) is 13.0 Å². The van der Waals surface area contributed by atoms with Crippen LogP contribution in [0.1, 0.15) is 42.0 Å². The summed E-state index contributed by atoms with van der Waals surface area (Å²) < 4.78 is 5.51. The maximum Gasteiger partial charge on any atom is 0.220 e. The minimum absolute atomic E-state index is 0.152. The second kappa shape index (κ2) is 11.0. The van der Waals surface area contributed by atoms with Gasteiger partial charge in [-0.1, -0.05) is 60.2 Å². The predicted molar refractivity (Wildman–Crippen MR) is 113 cm³/mol. The fourth-order valence-electron chi connectivity index (χ4n) is 3.78. The molecule has 2 aromatic rings. The number of unbranched alkanes of at least 4 members (excludes halogenated alkanes) is 1. The van der Waals surface area contributed by atoms with Gasteiger partial charge in [0.15, 0.2) is 0 Å². The highest BCUT2D eigenvalue weighted by atomic mass is 16.5. The Kier molecular flexibility index (Phi) is 8.07. The second-order valence-corrected chi connectivity index (χ2v) is 7.58. The number of ether oxygens (including phenoxy) is 1. The standard InChI is InChI=1S/C24H32N2O2/c1-20-8-7-12-22(18-20)23(26-14-16-28-17-15-26)19-25-24(27)13-6-5-11-21-9-3-2-4-10-21/h2-4,7-10,12,18,23H,5-6,11,13-17,19H2,1H3,(H,25,27). The van der Waals surface area contributed by atoms with Crippen LogP contribution in [0.3, 0.4) is 0 Å². The first-order valence-corrected chi connectivity index (χ1v) is 10.4. The van der Waals surface area contributed by atoms with Crippen LogP contribution in [-0.2, 0) is 16.0 Å². The van der Waals surface area contributed by atoms with E-state index in [1.54, 1.807) is 0 Å². The predicted octanol–water partition coefficient (Wildman–Crippen LogP) is 3.90. The highest BCUT2D eigenvalue weighted by Crippen LogP contribution is 2.22. The van der Waals surface area contributed by atoms with E-state index >= 15 is 0 Å². The van der Waals surface area contributed by atoms with Gasteiger partial charge in [0.2, 0.25) is 5.91 Å². The van der Waals surface area contributed by atoms with Crippen molar-refractivity contribution in [2.45, 2.75) is 38.6 Å². The van der Waals surface area contributed by atoms with E-state index in [-0.39, 0.29) is 11.9 Å². The van der Waals surface area contributed by atoms with Crippen molar-refractivity contribution in [1.82, 2.24) is 10.2 Å². The Bertz CT molecular complexity index is 726. The molecule has 0 aliphatic carbocycles. The van der Waals surface area contributed by atoms with Crippen LogP contribution in [0.15, 0.2) is 54.6 Å². The van der Waals surface area contributed by atoms with Crippen LogP contribution in [0.5, 0.6) is 0 Å². The van der Waals surface area contributed by atoms with E-state index in [9.17, 15) is 4.79 Å². The van der Waals surface area contributed by atoms with E-state index in [1.807, 2.05) is 6.07 Å². The summed E-state index contributed by atoms with van der Waals surface area (Å²) in [7, 11) is 0. The van der Waals surface area contributed by atoms with Gasteiger partial charge in [-0.3, -0.25) is 9.69 Å². The van der Waals surface area contributed by atoms with E-state index in [0.717, 1.165) is 45.6 Å². The fourth-order valence-corrected chi connectivity index (χ4v) is 3.78.